The molecule has 4 nitrogen and oxygen atoms in total. The van der Waals surface area contributed by atoms with Crippen LogP contribution in [0.4, 0.5) is 23.2 Å². The fraction of sp³-hybridized carbons (Fsp3) is 0.429. The number of nitrogens with one attached hydrogen (secondary N) is 1. The Labute approximate surface area is 124 Å². The Hall–Kier alpha value is -2.12. The van der Waals surface area contributed by atoms with E-state index in [-0.39, 0.29) is 18.7 Å². The van der Waals surface area contributed by atoms with Gasteiger partial charge in [-0.1, -0.05) is 6.07 Å². The highest BCUT2D eigenvalue weighted by atomic mass is 19.4. The summed E-state index contributed by atoms with van der Waals surface area (Å²) < 4.78 is 50.5. The highest BCUT2D eigenvalue weighted by molar-refractivity contribution is 5.97. The Morgan fingerprint density at radius 3 is 2.73 bits per heavy atom. The zero-order valence-corrected chi connectivity index (χ0v) is 11.7. The topological polar surface area (TPSA) is 49.4 Å². The molecule has 0 bridgehead atoms. The van der Waals surface area contributed by atoms with E-state index in [2.05, 4.69) is 5.32 Å². The van der Waals surface area contributed by atoms with E-state index in [1.54, 1.807) is 6.92 Å². The fourth-order valence-electron chi connectivity index (χ4n) is 2.29. The molecule has 1 aliphatic heterocycles. The number of likely N-dealkylation sites (tertiary alicyclic amines) is 1. The van der Waals surface area contributed by atoms with Crippen molar-refractivity contribution in [3.05, 3.63) is 29.6 Å². The maximum absolute atomic E-state index is 13.6. The molecule has 2 rings (SSSR count). The minimum Gasteiger partial charge on any atom is -0.333 e. The molecule has 1 N–H and O–H groups in total. The first-order valence-corrected chi connectivity index (χ1v) is 6.57. The molecule has 2 amide bonds. The van der Waals surface area contributed by atoms with E-state index in [1.807, 2.05) is 0 Å². The van der Waals surface area contributed by atoms with E-state index in [4.69, 9.17) is 0 Å². The van der Waals surface area contributed by atoms with Crippen LogP contribution in [0.1, 0.15) is 12.0 Å². The first-order valence-electron chi connectivity index (χ1n) is 6.57. The largest absolute Gasteiger partial charge is 0.406 e. The van der Waals surface area contributed by atoms with Crippen LogP contribution < -0.4 is 5.32 Å². The summed E-state index contributed by atoms with van der Waals surface area (Å²) in [4.78, 5) is 24.1. The second-order valence-corrected chi connectivity index (χ2v) is 5.26. The molecule has 1 fully saturated rings. The molecule has 1 aromatic rings. The molecule has 0 spiro atoms. The molecule has 1 aliphatic rings. The van der Waals surface area contributed by atoms with Crippen molar-refractivity contribution in [2.75, 3.05) is 18.4 Å². The van der Waals surface area contributed by atoms with Crippen molar-refractivity contribution in [1.82, 2.24) is 4.90 Å². The van der Waals surface area contributed by atoms with Crippen molar-refractivity contribution in [3.63, 3.8) is 0 Å². The van der Waals surface area contributed by atoms with Crippen LogP contribution in [-0.4, -0.2) is 36.0 Å². The number of anilines is 1. The van der Waals surface area contributed by atoms with Crippen molar-refractivity contribution in [1.29, 1.82) is 0 Å². The molecule has 8 heteroatoms. The lowest BCUT2D eigenvalue weighted by Gasteiger charge is -2.18. The third kappa shape index (κ3) is 3.96. The van der Waals surface area contributed by atoms with Crippen molar-refractivity contribution < 1.29 is 27.2 Å². The third-order valence-electron chi connectivity index (χ3n) is 3.34. The molecule has 0 aliphatic carbocycles. The van der Waals surface area contributed by atoms with Crippen LogP contribution >= 0.6 is 0 Å². The normalized spacial score (nSPS) is 18.7. The number of alkyl halides is 3. The van der Waals surface area contributed by atoms with Gasteiger partial charge >= 0.3 is 6.18 Å². The van der Waals surface area contributed by atoms with E-state index >= 15 is 0 Å². The van der Waals surface area contributed by atoms with E-state index in [9.17, 15) is 27.2 Å². The second kappa shape index (κ2) is 5.94. The molecule has 22 heavy (non-hydrogen) atoms. The average Bonchev–Trinajstić information content (AvgIpc) is 2.73. The fourth-order valence-corrected chi connectivity index (χ4v) is 2.29. The van der Waals surface area contributed by atoms with Crippen LogP contribution in [-0.2, 0) is 9.59 Å². The minimum absolute atomic E-state index is 0.0493. The highest BCUT2D eigenvalue weighted by Crippen LogP contribution is 2.25. The quantitative estimate of drug-likeness (QED) is 0.871. The summed E-state index contributed by atoms with van der Waals surface area (Å²) in [5.74, 6) is -2.96. The predicted octanol–water partition coefficient (Wildman–Crippen LogP) is 2.48. The molecule has 120 valence electrons. The molecule has 0 aromatic heterocycles. The van der Waals surface area contributed by atoms with Crippen molar-refractivity contribution in [2.24, 2.45) is 5.92 Å². The van der Waals surface area contributed by atoms with Crippen LogP contribution in [0, 0.1) is 18.7 Å². The summed E-state index contributed by atoms with van der Waals surface area (Å²) in [6.07, 6.45) is -4.82. The second-order valence-electron chi connectivity index (χ2n) is 5.26. The number of hydrogen-bond acceptors (Lipinski definition) is 2. The number of hydrogen-bond donors (Lipinski definition) is 1. The summed E-state index contributed by atoms with van der Waals surface area (Å²) in [6, 6.07) is 4.12. The lowest BCUT2D eigenvalue weighted by Crippen LogP contribution is -2.36. The SMILES string of the molecule is Cc1ccc(F)c(NC(=O)[C@@H]2CC(=O)N(CC(F)(F)F)C2)c1. The number of rotatable bonds is 3. The molecule has 1 atom stereocenters. The van der Waals surface area contributed by atoms with Gasteiger partial charge in [-0.25, -0.2) is 4.39 Å². The number of halogens is 4. The van der Waals surface area contributed by atoms with Crippen LogP contribution in [0.2, 0.25) is 0 Å². The van der Waals surface area contributed by atoms with Gasteiger partial charge in [-0.05, 0) is 24.6 Å². The van der Waals surface area contributed by atoms with Crippen LogP contribution in [0.25, 0.3) is 0 Å². The Balaban J connectivity index is 2.02. The zero-order valence-electron chi connectivity index (χ0n) is 11.7. The van der Waals surface area contributed by atoms with Crippen molar-refractivity contribution in [3.8, 4) is 0 Å². The number of benzene rings is 1. The summed E-state index contributed by atoms with van der Waals surface area (Å²) in [5, 5.41) is 2.32. The number of amides is 2. The van der Waals surface area contributed by atoms with Gasteiger partial charge in [0.25, 0.3) is 0 Å². The molecule has 1 saturated heterocycles. The van der Waals surface area contributed by atoms with Gasteiger partial charge < -0.3 is 10.2 Å². The molecule has 1 heterocycles. The minimum atomic E-state index is -4.51. The zero-order chi connectivity index (χ0) is 16.5. The monoisotopic (exact) mass is 318 g/mol. The van der Waals surface area contributed by atoms with Gasteiger partial charge in [0.15, 0.2) is 0 Å². The number of carbonyl (C=O) groups excluding carboxylic acids is 2. The van der Waals surface area contributed by atoms with Crippen molar-refractivity contribution >= 4 is 17.5 Å². The van der Waals surface area contributed by atoms with Gasteiger partial charge in [0.05, 0.1) is 11.6 Å². The van der Waals surface area contributed by atoms with Gasteiger partial charge in [0.1, 0.15) is 12.4 Å². The first-order chi connectivity index (χ1) is 10.2. The average molecular weight is 318 g/mol. The summed E-state index contributed by atoms with van der Waals surface area (Å²) in [5.41, 5.74) is 0.671. The maximum atomic E-state index is 13.6. The Bertz CT molecular complexity index is 601. The van der Waals surface area contributed by atoms with Gasteiger partial charge in [-0.15, -0.1) is 0 Å². The molecule has 0 saturated carbocycles. The molecule has 1 aromatic carbocycles. The Morgan fingerprint density at radius 2 is 2.09 bits per heavy atom. The van der Waals surface area contributed by atoms with Crippen molar-refractivity contribution in [2.45, 2.75) is 19.5 Å². The van der Waals surface area contributed by atoms with Gasteiger partial charge in [0, 0.05) is 13.0 Å². The number of aryl methyl sites for hydroxylation is 1. The third-order valence-corrected chi connectivity index (χ3v) is 3.34. The Kier molecular flexibility index (Phi) is 4.39. The van der Waals surface area contributed by atoms with Crippen LogP contribution in [0.15, 0.2) is 18.2 Å². The summed E-state index contributed by atoms with van der Waals surface area (Å²) in [6.45, 7) is 0.00525. The smallest absolute Gasteiger partial charge is 0.333 e. The van der Waals surface area contributed by atoms with Gasteiger partial charge in [0.2, 0.25) is 11.8 Å². The molecular formula is C14H14F4N2O2. The highest BCUT2D eigenvalue weighted by Gasteiger charge is 2.40. The standard InChI is InChI=1S/C14H14F4N2O2/c1-8-2-3-10(15)11(4-8)19-13(22)9-5-12(21)20(6-9)7-14(16,17)18/h2-4,9H,5-7H2,1H3,(H,19,22)/t9-/m1/s1. The summed E-state index contributed by atoms with van der Waals surface area (Å²) >= 11 is 0. The summed E-state index contributed by atoms with van der Waals surface area (Å²) in [7, 11) is 0. The maximum Gasteiger partial charge on any atom is 0.406 e. The number of nitrogens with zero attached hydrogens (tertiary/aromatic N) is 1. The molecule has 0 unspecified atom stereocenters. The van der Waals surface area contributed by atoms with E-state index in [0.717, 1.165) is 5.56 Å². The van der Waals surface area contributed by atoms with Gasteiger partial charge in [-0.2, -0.15) is 13.2 Å². The van der Waals surface area contributed by atoms with E-state index in [1.165, 1.54) is 18.2 Å². The van der Waals surface area contributed by atoms with E-state index < -0.39 is 36.3 Å². The van der Waals surface area contributed by atoms with Crippen LogP contribution in [0.3, 0.4) is 0 Å². The van der Waals surface area contributed by atoms with Gasteiger partial charge in [-0.3, -0.25) is 9.59 Å². The Morgan fingerprint density at radius 1 is 1.41 bits per heavy atom. The number of carbonyl (C=O) groups is 2. The molecule has 0 radical (unpaired) electrons. The van der Waals surface area contributed by atoms with E-state index in [0.29, 0.717) is 4.90 Å². The predicted molar refractivity (Wildman–Crippen MR) is 70.5 cm³/mol. The van der Waals surface area contributed by atoms with Crippen LogP contribution in [0.5, 0.6) is 0 Å². The lowest BCUT2D eigenvalue weighted by molar-refractivity contribution is -0.157. The lowest BCUT2D eigenvalue weighted by atomic mass is 10.1. The molecular weight excluding hydrogens is 304 g/mol. The first kappa shape index (κ1) is 16.3.